The van der Waals surface area contributed by atoms with Crippen LogP contribution in [0.5, 0.6) is 5.75 Å². The Balaban J connectivity index is 0. The van der Waals surface area contributed by atoms with E-state index in [0.29, 0.717) is 258 Å². The van der Waals surface area contributed by atoms with Gasteiger partial charge in [-0.25, -0.2) is 0 Å². The van der Waals surface area contributed by atoms with Crippen molar-refractivity contribution in [2.24, 2.45) is 0 Å². The molecule has 1 N–H and O–H groups in total. The minimum absolute atomic E-state index is 0. The molecule has 0 amide bonds. The van der Waals surface area contributed by atoms with E-state index in [4.69, 9.17) is 115 Å². The maximum absolute atomic E-state index is 8.89. The molecule has 0 aliphatic heterocycles. The van der Waals surface area contributed by atoms with Crippen LogP contribution in [0.4, 0.5) is 0 Å². The van der Waals surface area contributed by atoms with Gasteiger partial charge in [-0.05, 0) is 42.9 Å². The van der Waals surface area contributed by atoms with Gasteiger partial charge in [0.1, 0.15) is 18.3 Å². The Morgan fingerprint density at radius 1 is 0.337 bits per heavy atom. The van der Waals surface area contributed by atoms with Crippen LogP contribution in [-0.2, 0) is 112 Å². The molecular weight excluding hydrogens is 1180 g/mol. The summed E-state index contributed by atoms with van der Waals surface area (Å²) in [4.78, 5) is 17.7. The molecular formula is C64H119NaO24. The third kappa shape index (κ3) is 73.6. The van der Waals surface area contributed by atoms with Crippen molar-refractivity contribution in [1.82, 2.24) is 0 Å². The quantitative estimate of drug-likeness (QED) is 0.0424. The normalized spacial score (nSPS) is 11.3. The van der Waals surface area contributed by atoms with Crippen molar-refractivity contribution in [1.29, 1.82) is 0 Å². The topological polar surface area (TPSA) is 262 Å². The first-order valence-electron chi connectivity index (χ1n) is 32.6. The van der Waals surface area contributed by atoms with Crippen LogP contribution in [0, 0.1) is 0 Å². The first-order chi connectivity index (χ1) is 43.6. The minimum Gasteiger partial charge on any atom is -0.542 e. The van der Waals surface area contributed by atoms with Crippen LogP contribution in [0.2, 0.25) is 0 Å². The molecule has 0 spiro atoms. The minimum atomic E-state index is -1.68. The first-order valence-corrected chi connectivity index (χ1v) is 32.6. The number of aryl methyl sites for hydroxylation is 1. The second kappa shape index (κ2) is 80.6. The summed E-state index contributed by atoms with van der Waals surface area (Å²) in [5.41, 5.74) is 2.87. The van der Waals surface area contributed by atoms with Gasteiger partial charge >= 0.3 is 29.6 Å². The van der Waals surface area contributed by atoms with Gasteiger partial charge in [0, 0.05) is 0 Å². The number of rotatable bonds is 75. The fraction of sp³-hybridized carbons (Fsp3) is 0.875. The summed E-state index contributed by atoms with van der Waals surface area (Å²) in [5.74, 6) is -0.643. The van der Waals surface area contributed by atoms with E-state index < -0.39 is 5.97 Å². The standard InChI is InChI=1S/C62H118O21.C2H2O3.Na/c1-3-5-7-9-11-13-16-60-17-15-19-62(61(60)18-14-12-10-8-6-4-2)83-59-58-82-57-56-81-55-54-80-53-52-79-51-50-78-49-48-77-47-46-76-45-44-75-43-42-74-41-40-73-39-38-72-37-36-71-35-34-70-33-32-69-31-30-68-29-28-67-27-26-66-25-24-65-23-22-64-21-20-63;3-1-2(4)5;/h15,17,19,63H,3-14,16,18,20-59H2,1-2H3;1H,(H,4,5);/q;;+1/p-1. The van der Waals surface area contributed by atoms with E-state index in [-0.39, 0.29) is 42.5 Å². The van der Waals surface area contributed by atoms with Gasteiger partial charge < -0.3 is 110 Å². The molecule has 89 heavy (non-hydrogen) atoms. The summed E-state index contributed by atoms with van der Waals surface area (Å²) in [6.07, 6.45) is 17.6. The number of ether oxygens (including phenoxy) is 20. The van der Waals surface area contributed by atoms with Crippen LogP contribution in [0.25, 0.3) is 0 Å². The van der Waals surface area contributed by atoms with Gasteiger partial charge in [-0.15, -0.1) is 0 Å². The number of aldehydes is 1. The number of aliphatic carboxylic acids is 1. The number of carbonyl (C=O) groups is 2. The second-order valence-electron chi connectivity index (χ2n) is 19.6. The zero-order chi connectivity index (χ0) is 63.5. The van der Waals surface area contributed by atoms with E-state index in [0.717, 1.165) is 18.6 Å². The summed E-state index contributed by atoms with van der Waals surface area (Å²) in [7, 11) is 0. The molecule has 1 rings (SSSR count). The van der Waals surface area contributed by atoms with E-state index in [1.54, 1.807) is 0 Å². The van der Waals surface area contributed by atoms with Gasteiger partial charge in [0.05, 0.1) is 258 Å². The molecule has 24 nitrogen and oxygen atoms in total. The van der Waals surface area contributed by atoms with Gasteiger partial charge in [0.2, 0.25) is 0 Å². The van der Waals surface area contributed by atoms with E-state index in [2.05, 4.69) is 32.0 Å². The molecule has 520 valence electrons. The smallest absolute Gasteiger partial charge is 0.542 e. The Labute approximate surface area is 556 Å². The van der Waals surface area contributed by atoms with E-state index in [1.807, 2.05) is 0 Å². The summed E-state index contributed by atoms with van der Waals surface area (Å²) in [6, 6.07) is 6.61. The summed E-state index contributed by atoms with van der Waals surface area (Å²) < 4.78 is 111. The Morgan fingerprint density at radius 2 is 0.551 bits per heavy atom. The van der Waals surface area contributed by atoms with Gasteiger partial charge in [-0.2, -0.15) is 0 Å². The molecule has 0 bridgehead atoms. The van der Waals surface area contributed by atoms with E-state index >= 15 is 0 Å². The molecule has 0 heterocycles. The van der Waals surface area contributed by atoms with Crippen molar-refractivity contribution in [3.05, 3.63) is 29.3 Å². The fourth-order valence-electron chi connectivity index (χ4n) is 7.78. The van der Waals surface area contributed by atoms with Crippen molar-refractivity contribution < 1.29 is 144 Å². The Bertz CT molecular complexity index is 1510. The van der Waals surface area contributed by atoms with Crippen LogP contribution in [0.15, 0.2) is 18.2 Å². The Kier molecular flexibility index (Phi) is 81.0. The van der Waals surface area contributed by atoms with Crippen LogP contribution in [-0.4, -0.2) is 282 Å². The van der Waals surface area contributed by atoms with Crippen molar-refractivity contribution in [2.75, 3.05) is 264 Å². The van der Waals surface area contributed by atoms with Gasteiger partial charge in [0.25, 0.3) is 0 Å². The molecule has 0 aliphatic carbocycles. The number of benzene rings is 1. The Hall–Kier alpha value is -1.64. The number of hydrogen-bond acceptors (Lipinski definition) is 24. The van der Waals surface area contributed by atoms with E-state index in [9.17, 15) is 0 Å². The SMILES string of the molecule is CCCCCCCCc1cccc(OCCOCCOCCOCCOCCOCCOCCOCCOCCOCCOCCOCCOCCOCCOCCOCCOCCOCCOCCOCCO)c1CCCCCCCC.O=CC(=O)[O-].[Na+]. The number of hydrogen-bond donors (Lipinski definition) is 1. The predicted octanol–water partition coefficient (Wildman–Crippen LogP) is 2.12. The summed E-state index contributed by atoms with van der Waals surface area (Å²) >= 11 is 0. The zero-order valence-electron chi connectivity index (χ0n) is 55.3. The predicted molar refractivity (Wildman–Crippen MR) is 330 cm³/mol. The average Bonchev–Trinajstić information content (AvgIpc) is 3.65. The number of carboxylic acids is 1. The van der Waals surface area contributed by atoms with Gasteiger partial charge in [-0.1, -0.05) is 90.2 Å². The third-order valence-corrected chi connectivity index (χ3v) is 12.3. The zero-order valence-corrected chi connectivity index (χ0v) is 57.3. The molecule has 0 aliphatic rings. The fourth-order valence-corrected chi connectivity index (χ4v) is 7.78. The molecule has 25 heteroatoms. The molecule has 0 unspecified atom stereocenters. The monoisotopic (exact) mass is 1290 g/mol. The molecule has 0 saturated heterocycles. The maximum atomic E-state index is 8.89. The average molecular weight is 1300 g/mol. The molecule has 0 fully saturated rings. The number of aliphatic hydroxyl groups excluding tert-OH is 1. The molecule has 1 aromatic carbocycles. The van der Waals surface area contributed by atoms with Crippen LogP contribution < -0.4 is 39.4 Å². The molecule has 0 aromatic heterocycles. The van der Waals surface area contributed by atoms with Gasteiger partial charge in [0.15, 0.2) is 6.29 Å². The van der Waals surface area contributed by atoms with Crippen LogP contribution >= 0.6 is 0 Å². The first kappa shape index (κ1) is 89.4. The van der Waals surface area contributed by atoms with Crippen molar-refractivity contribution in [3.63, 3.8) is 0 Å². The van der Waals surface area contributed by atoms with Gasteiger partial charge in [-0.3, -0.25) is 4.79 Å². The molecule has 0 saturated carbocycles. The van der Waals surface area contributed by atoms with Crippen LogP contribution in [0.1, 0.15) is 102 Å². The molecule has 0 atom stereocenters. The number of carboxylic acid groups (broad SMARTS) is 1. The van der Waals surface area contributed by atoms with Crippen LogP contribution in [0.3, 0.4) is 0 Å². The molecule has 0 radical (unpaired) electrons. The number of carbonyl (C=O) groups excluding carboxylic acids is 2. The Morgan fingerprint density at radius 3 is 0.787 bits per heavy atom. The summed E-state index contributed by atoms with van der Waals surface area (Å²) in [5, 5.41) is 17.5. The third-order valence-electron chi connectivity index (χ3n) is 12.3. The van der Waals surface area contributed by atoms with Crippen molar-refractivity contribution >= 4 is 12.3 Å². The maximum Gasteiger partial charge on any atom is 1.00 e. The molecule has 1 aromatic rings. The van der Waals surface area contributed by atoms with Crippen molar-refractivity contribution in [3.8, 4) is 5.75 Å². The van der Waals surface area contributed by atoms with E-state index in [1.165, 1.54) is 88.2 Å². The summed E-state index contributed by atoms with van der Waals surface area (Å²) in [6.45, 7) is 23.8. The van der Waals surface area contributed by atoms with Crippen molar-refractivity contribution in [2.45, 2.75) is 104 Å². The second-order valence-corrected chi connectivity index (χ2v) is 19.6. The number of unbranched alkanes of at least 4 members (excludes halogenated alkanes) is 10. The number of aliphatic hydroxyl groups is 1. The largest absolute Gasteiger partial charge is 1.00 e.